The minimum Gasteiger partial charge on any atom is -0.481 e. The molecule has 138 valence electrons. The van der Waals surface area contributed by atoms with Gasteiger partial charge in [0.15, 0.2) is 0 Å². The number of sulfonamides is 1. The van der Waals surface area contributed by atoms with Crippen molar-refractivity contribution >= 4 is 27.6 Å². The summed E-state index contributed by atoms with van der Waals surface area (Å²) < 4.78 is 25.4. The second-order valence-electron chi connectivity index (χ2n) is 6.97. The van der Waals surface area contributed by atoms with E-state index in [4.69, 9.17) is 5.11 Å². The Morgan fingerprint density at radius 3 is 2.52 bits per heavy atom. The molecule has 1 aromatic rings. The van der Waals surface area contributed by atoms with Gasteiger partial charge in [0, 0.05) is 24.1 Å². The molecule has 0 radical (unpaired) electrons. The Kier molecular flexibility index (Phi) is 5.41. The van der Waals surface area contributed by atoms with Gasteiger partial charge < -0.3 is 10.4 Å². The Morgan fingerprint density at radius 1 is 1.32 bits per heavy atom. The van der Waals surface area contributed by atoms with Gasteiger partial charge in [0.2, 0.25) is 10.0 Å². The number of nitrogens with zero attached hydrogens (tertiary/aromatic N) is 1. The van der Waals surface area contributed by atoms with Crippen molar-refractivity contribution < 1.29 is 23.1 Å². The molecule has 2 rings (SSSR count). The highest BCUT2D eigenvalue weighted by Crippen LogP contribution is 2.26. The Labute approximate surface area is 148 Å². The van der Waals surface area contributed by atoms with Crippen molar-refractivity contribution in [1.82, 2.24) is 5.32 Å². The maximum absolute atomic E-state index is 12.5. The molecule has 0 bridgehead atoms. The van der Waals surface area contributed by atoms with Gasteiger partial charge in [-0.05, 0) is 57.4 Å². The van der Waals surface area contributed by atoms with Crippen LogP contribution in [0.3, 0.4) is 0 Å². The number of carboxylic acids is 1. The zero-order valence-corrected chi connectivity index (χ0v) is 15.5. The van der Waals surface area contributed by atoms with Gasteiger partial charge in [0.1, 0.15) is 0 Å². The van der Waals surface area contributed by atoms with Crippen molar-refractivity contribution in [2.75, 3.05) is 16.6 Å². The van der Waals surface area contributed by atoms with Gasteiger partial charge in [0.25, 0.3) is 5.91 Å². The molecule has 0 spiro atoms. The van der Waals surface area contributed by atoms with E-state index in [0.717, 1.165) is 0 Å². The molecule has 0 aliphatic carbocycles. The number of carbonyl (C=O) groups is 2. The molecular weight excluding hydrogens is 344 g/mol. The molecule has 8 heteroatoms. The highest BCUT2D eigenvalue weighted by Gasteiger charge is 2.29. The van der Waals surface area contributed by atoms with Crippen LogP contribution in [0.25, 0.3) is 0 Å². The number of nitrogens with one attached hydrogen (secondary N) is 1. The first kappa shape index (κ1) is 19.2. The predicted molar refractivity (Wildman–Crippen MR) is 95.3 cm³/mol. The van der Waals surface area contributed by atoms with Crippen LogP contribution in [0.1, 0.15) is 49.0 Å². The molecule has 0 aromatic heterocycles. The van der Waals surface area contributed by atoms with Crippen LogP contribution in [-0.4, -0.2) is 43.2 Å². The number of carboxylic acid groups (broad SMARTS) is 1. The van der Waals surface area contributed by atoms with E-state index < -0.39 is 21.5 Å². The standard InChI is InChI=1S/C17H24N2O5S/c1-12-11-13(19-9-4-10-25(19,23)24)5-6-14(12)16(22)18-17(2,3)8-7-15(20)21/h5-6,11H,4,7-10H2,1-3H3,(H,18,22)(H,20,21). The summed E-state index contributed by atoms with van der Waals surface area (Å²) in [5, 5.41) is 11.6. The first-order valence-corrected chi connectivity index (χ1v) is 9.78. The summed E-state index contributed by atoms with van der Waals surface area (Å²) >= 11 is 0. The summed E-state index contributed by atoms with van der Waals surface area (Å²) in [5.41, 5.74) is 1.03. The predicted octanol–water partition coefficient (Wildman–Crippen LogP) is 1.91. The lowest BCUT2D eigenvalue weighted by Gasteiger charge is -2.26. The van der Waals surface area contributed by atoms with E-state index in [1.165, 1.54) is 4.31 Å². The number of aryl methyl sites for hydroxylation is 1. The van der Waals surface area contributed by atoms with E-state index in [9.17, 15) is 18.0 Å². The number of amides is 1. The van der Waals surface area contributed by atoms with E-state index in [0.29, 0.717) is 36.2 Å². The van der Waals surface area contributed by atoms with E-state index in [-0.39, 0.29) is 18.1 Å². The van der Waals surface area contributed by atoms with Gasteiger partial charge in [-0.15, -0.1) is 0 Å². The fourth-order valence-electron chi connectivity index (χ4n) is 2.84. The normalized spacial score (nSPS) is 16.7. The third-order valence-electron chi connectivity index (χ3n) is 4.26. The van der Waals surface area contributed by atoms with Crippen LogP contribution >= 0.6 is 0 Å². The number of rotatable bonds is 6. The average molecular weight is 368 g/mol. The van der Waals surface area contributed by atoms with Crippen molar-refractivity contribution in [3.63, 3.8) is 0 Å². The highest BCUT2D eigenvalue weighted by atomic mass is 32.2. The fourth-order valence-corrected chi connectivity index (χ4v) is 4.40. The molecule has 1 aromatic carbocycles. The molecule has 0 saturated carbocycles. The van der Waals surface area contributed by atoms with E-state index >= 15 is 0 Å². The first-order valence-electron chi connectivity index (χ1n) is 8.17. The van der Waals surface area contributed by atoms with Gasteiger partial charge in [-0.2, -0.15) is 0 Å². The molecule has 1 fully saturated rings. The SMILES string of the molecule is Cc1cc(N2CCCS2(=O)=O)ccc1C(=O)NC(C)(C)CCC(=O)O. The zero-order chi connectivity index (χ0) is 18.8. The number of benzene rings is 1. The third kappa shape index (κ3) is 4.72. The van der Waals surface area contributed by atoms with Crippen LogP contribution in [0.2, 0.25) is 0 Å². The van der Waals surface area contributed by atoms with Gasteiger partial charge >= 0.3 is 5.97 Å². The number of anilines is 1. The van der Waals surface area contributed by atoms with Gasteiger partial charge in [-0.3, -0.25) is 13.9 Å². The largest absolute Gasteiger partial charge is 0.481 e. The second-order valence-corrected chi connectivity index (χ2v) is 8.99. The molecule has 0 unspecified atom stereocenters. The van der Waals surface area contributed by atoms with Crippen molar-refractivity contribution in [1.29, 1.82) is 0 Å². The molecule has 1 heterocycles. The monoisotopic (exact) mass is 368 g/mol. The third-order valence-corrected chi connectivity index (χ3v) is 6.13. The molecule has 1 aliphatic rings. The van der Waals surface area contributed by atoms with Gasteiger partial charge in [-0.1, -0.05) is 0 Å². The van der Waals surface area contributed by atoms with Crippen LogP contribution < -0.4 is 9.62 Å². The van der Waals surface area contributed by atoms with Crippen molar-refractivity contribution in [3.8, 4) is 0 Å². The summed E-state index contributed by atoms with van der Waals surface area (Å²) in [6.45, 7) is 5.75. The summed E-state index contributed by atoms with van der Waals surface area (Å²) in [6.07, 6.45) is 0.886. The van der Waals surface area contributed by atoms with Crippen LogP contribution in [0, 0.1) is 6.92 Å². The Hall–Kier alpha value is -2.09. The summed E-state index contributed by atoms with van der Waals surface area (Å²) in [5.74, 6) is -1.06. The zero-order valence-electron chi connectivity index (χ0n) is 14.7. The van der Waals surface area contributed by atoms with Gasteiger partial charge in [-0.25, -0.2) is 8.42 Å². The fraction of sp³-hybridized carbons (Fsp3) is 0.529. The lowest BCUT2D eigenvalue weighted by Crippen LogP contribution is -2.44. The lowest BCUT2D eigenvalue weighted by molar-refractivity contribution is -0.137. The van der Waals surface area contributed by atoms with E-state index in [1.807, 2.05) is 0 Å². The summed E-state index contributed by atoms with van der Waals surface area (Å²) in [7, 11) is -3.26. The summed E-state index contributed by atoms with van der Waals surface area (Å²) in [6, 6.07) is 4.94. The minimum absolute atomic E-state index is 0.0297. The lowest BCUT2D eigenvalue weighted by atomic mass is 9.97. The first-order chi connectivity index (χ1) is 11.5. The minimum atomic E-state index is -3.26. The Balaban J connectivity index is 2.15. The number of hydrogen-bond acceptors (Lipinski definition) is 4. The van der Waals surface area contributed by atoms with E-state index in [1.54, 1.807) is 39.0 Å². The van der Waals surface area contributed by atoms with Crippen molar-refractivity contribution in [2.24, 2.45) is 0 Å². The molecular formula is C17H24N2O5S. The second kappa shape index (κ2) is 7.03. The Morgan fingerprint density at radius 2 is 2.00 bits per heavy atom. The molecule has 0 atom stereocenters. The molecule has 1 amide bonds. The van der Waals surface area contributed by atoms with Crippen LogP contribution in [0.5, 0.6) is 0 Å². The quantitative estimate of drug-likeness (QED) is 0.798. The van der Waals surface area contributed by atoms with Gasteiger partial charge in [0.05, 0.1) is 11.4 Å². The van der Waals surface area contributed by atoms with E-state index in [2.05, 4.69) is 5.32 Å². The van der Waals surface area contributed by atoms with Crippen molar-refractivity contribution in [2.45, 2.75) is 45.6 Å². The topological polar surface area (TPSA) is 104 Å². The van der Waals surface area contributed by atoms with Crippen LogP contribution in [0.4, 0.5) is 5.69 Å². The van der Waals surface area contributed by atoms with Crippen LogP contribution in [0.15, 0.2) is 18.2 Å². The number of carbonyl (C=O) groups excluding carboxylic acids is 1. The maximum Gasteiger partial charge on any atom is 0.303 e. The molecule has 1 aliphatic heterocycles. The molecule has 7 nitrogen and oxygen atoms in total. The summed E-state index contributed by atoms with van der Waals surface area (Å²) in [4.78, 5) is 23.2. The average Bonchev–Trinajstić information content (AvgIpc) is 2.84. The smallest absolute Gasteiger partial charge is 0.303 e. The van der Waals surface area contributed by atoms with Crippen LogP contribution in [-0.2, 0) is 14.8 Å². The van der Waals surface area contributed by atoms with Crippen molar-refractivity contribution in [3.05, 3.63) is 29.3 Å². The highest BCUT2D eigenvalue weighted by molar-refractivity contribution is 7.93. The maximum atomic E-state index is 12.5. The number of hydrogen-bond donors (Lipinski definition) is 2. The molecule has 1 saturated heterocycles. The Bertz CT molecular complexity index is 786. The number of aliphatic carboxylic acids is 1. The molecule has 2 N–H and O–H groups in total. The molecule has 25 heavy (non-hydrogen) atoms.